The van der Waals surface area contributed by atoms with Gasteiger partial charge in [0.25, 0.3) is 0 Å². The fourth-order valence-corrected chi connectivity index (χ4v) is 3.52. The molecule has 0 atom stereocenters. The Bertz CT molecular complexity index is 626. The van der Waals surface area contributed by atoms with E-state index in [0.29, 0.717) is 23.3 Å². The molecule has 0 heterocycles. The maximum atomic E-state index is 12.1. The van der Waals surface area contributed by atoms with E-state index >= 15 is 0 Å². The summed E-state index contributed by atoms with van der Waals surface area (Å²) in [5.41, 5.74) is 4.98. The van der Waals surface area contributed by atoms with Crippen LogP contribution < -0.4 is 5.73 Å². The Labute approximate surface area is 133 Å². The van der Waals surface area contributed by atoms with Crippen molar-refractivity contribution < 1.29 is 17.9 Å². The monoisotopic (exact) mass is 377 g/mol. The Hall–Kier alpha value is -1.08. The van der Waals surface area contributed by atoms with E-state index in [4.69, 9.17) is 10.5 Å². The first-order valence-electron chi connectivity index (χ1n) is 6.57. The second-order valence-electron chi connectivity index (χ2n) is 5.34. The second kappa shape index (κ2) is 6.79. The average molecular weight is 378 g/mol. The third-order valence-corrected chi connectivity index (χ3v) is 5.43. The highest BCUT2D eigenvalue weighted by Gasteiger charge is 2.24. The van der Waals surface area contributed by atoms with Gasteiger partial charge in [0.2, 0.25) is 0 Å². The fourth-order valence-electron chi connectivity index (χ4n) is 1.96. The molecule has 0 spiro atoms. The first-order valence-corrected chi connectivity index (χ1v) is 9.01. The minimum Gasteiger partial charge on any atom is -0.444 e. The molecule has 0 aliphatic heterocycles. The van der Waals surface area contributed by atoms with Gasteiger partial charge in [0.15, 0.2) is 9.84 Å². The summed E-state index contributed by atoms with van der Waals surface area (Å²) in [4.78, 5) is 11.2. The molecular formula is C14H20BrNO4S. The summed E-state index contributed by atoms with van der Waals surface area (Å²) in [6.07, 6.45) is 0.100. The number of hydrogen-bond acceptors (Lipinski definition) is 4. The van der Waals surface area contributed by atoms with Crippen LogP contribution in [0.3, 0.4) is 0 Å². The molecule has 0 radical (unpaired) electrons. The van der Waals surface area contributed by atoms with Crippen molar-refractivity contribution in [3.05, 3.63) is 28.2 Å². The molecule has 118 valence electrons. The predicted octanol–water partition coefficient (Wildman–Crippen LogP) is 3.05. The molecule has 0 aliphatic carbocycles. The Morgan fingerprint density at radius 2 is 2.00 bits per heavy atom. The molecule has 2 N–H and O–H groups in total. The Morgan fingerprint density at radius 1 is 1.38 bits per heavy atom. The van der Waals surface area contributed by atoms with E-state index in [1.165, 1.54) is 0 Å². The largest absolute Gasteiger partial charge is 0.444 e. The number of primary amides is 1. The number of benzene rings is 1. The van der Waals surface area contributed by atoms with Crippen LogP contribution in [0.1, 0.15) is 32.8 Å². The van der Waals surface area contributed by atoms with Crippen molar-refractivity contribution in [2.24, 2.45) is 5.73 Å². The lowest BCUT2D eigenvalue weighted by molar-refractivity contribution is 0.0393. The van der Waals surface area contributed by atoms with Crippen molar-refractivity contribution in [3.63, 3.8) is 0 Å². The van der Waals surface area contributed by atoms with Crippen molar-refractivity contribution in [2.45, 2.75) is 44.1 Å². The maximum absolute atomic E-state index is 12.1. The molecule has 1 aromatic rings. The van der Waals surface area contributed by atoms with Gasteiger partial charge in [-0.05, 0) is 50.5 Å². The second-order valence-corrected chi connectivity index (χ2v) is 8.50. The first-order chi connectivity index (χ1) is 9.57. The molecule has 0 aliphatic rings. The molecule has 5 nitrogen and oxygen atoms in total. The van der Waals surface area contributed by atoms with Crippen LogP contribution in [0.4, 0.5) is 4.79 Å². The van der Waals surface area contributed by atoms with Crippen molar-refractivity contribution in [3.8, 4) is 0 Å². The van der Waals surface area contributed by atoms with Gasteiger partial charge in [-0.15, -0.1) is 0 Å². The highest BCUT2D eigenvalue weighted by molar-refractivity contribution is 9.10. The standard InChI is InChI=1S/C14H20BrNO4S/c1-4-21(18,19)12-6-5-11(15)9-10(12)7-8-14(2,3)20-13(16)17/h5-6,9H,4,7-8H2,1-3H3,(H2,16,17). The van der Waals surface area contributed by atoms with Crippen LogP contribution in [0.25, 0.3) is 0 Å². The number of carbonyl (C=O) groups is 1. The average Bonchev–Trinajstić information content (AvgIpc) is 2.35. The lowest BCUT2D eigenvalue weighted by atomic mass is 9.98. The van der Waals surface area contributed by atoms with E-state index in [9.17, 15) is 13.2 Å². The number of rotatable bonds is 6. The van der Waals surface area contributed by atoms with Crippen LogP contribution in [-0.4, -0.2) is 25.9 Å². The number of ether oxygens (including phenoxy) is 1. The van der Waals surface area contributed by atoms with Gasteiger partial charge in [-0.1, -0.05) is 22.9 Å². The number of halogens is 1. The van der Waals surface area contributed by atoms with Crippen LogP contribution >= 0.6 is 15.9 Å². The first kappa shape index (κ1) is 18.0. The summed E-state index contributed by atoms with van der Waals surface area (Å²) in [5, 5.41) is 0. The van der Waals surface area contributed by atoms with Crippen molar-refractivity contribution in [1.82, 2.24) is 0 Å². The zero-order valence-electron chi connectivity index (χ0n) is 12.3. The number of hydrogen-bond donors (Lipinski definition) is 1. The molecule has 0 saturated heterocycles. The normalized spacial score (nSPS) is 12.2. The number of carbonyl (C=O) groups excluding carboxylic acids is 1. The number of amides is 1. The lowest BCUT2D eigenvalue weighted by Gasteiger charge is -2.24. The highest BCUT2D eigenvalue weighted by atomic mass is 79.9. The van der Waals surface area contributed by atoms with Crippen LogP contribution in [0, 0.1) is 0 Å². The van der Waals surface area contributed by atoms with Gasteiger partial charge in [-0.25, -0.2) is 13.2 Å². The van der Waals surface area contributed by atoms with E-state index in [0.717, 1.165) is 4.47 Å². The van der Waals surface area contributed by atoms with E-state index in [1.807, 2.05) is 0 Å². The van der Waals surface area contributed by atoms with Crippen LogP contribution in [0.15, 0.2) is 27.6 Å². The Kier molecular flexibility index (Phi) is 5.81. The van der Waals surface area contributed by atoms with E-state index in [2.05, 4.69) is 15.9 Å². The minimum atomic E-state index is -3.29. The van der Waals surface area contributed by atoms with Gasteiger partial charge in [-0.2, -0.15) is 0 Å². The Morgan fingerprint density at radius 3 is 2.52 bits per heavy atom. The fraction of sp³-hybridized carbons (Fsp3) is 0.500. The van der Waals surface area contributed by atoms with Crippen molar-refractivity contribution in [1.29, 1.82) is 0 Å². The van der Waals surface area contributed by atoms with Gasteiger partial charge in [0.1, 0.15) is 5.60 Å². The number of sulfone groups is 1. The Balaban J connectivity index is 3.03. The smallest absolute Gasteiger partial charge is 0.405 e. The topological polar surface area (TPSA) is 86.5 Å². The number of aryl methyl sites for hydroxylation is 1. The van der Waals surface area contributed by atoms with Crippen LogP contribution in [0.2, 0.25) is 0 Å². The quantitative estimate of drug-likeness (QED) is 0.824. The molecule has 0 saturated carbocycles. The van der Waals surface area contributed by atoms with Crippen LogP contribution in [0.5, 0.6) is 0 Å². The van der Waals surface area contributed by atoms with E-state index in [-0.39, 0.29) is 5.75 Å². The third-order valence-electron chi connectivity index (χ3n) is 3.11. The van der Waals surface area contributed by atoms with Gasteiger partial charge < -0.3 is 10.5 Å². The third kappa shape index (κ3) is 5.32. The summed E-state index contributed by atoms with van der Waals surface area (Å²) in [7, 11) is -3.29. The summed E-state index contributed by atoms with van der Waals surface area (Å²) in [6, 6.07) is 5.08. The molecule has 21 heavy (non-hydrogen) atoms. The van der Waals surface area contributed by atoms with E-state index < -0.39 is 21.5 Å². The zero-order valence-corrected chi connectivity index (χ0v) is 14.8. The van der Waals surface area contributed by atoms with Gasteiger partial charge in [0, 0.05) is 4.47 Å². The van der Waals surface area contributed by atoms with Gasteiger partial charge in [0.05, 0.1) is 10.6 Å². The van der Waals surface area contributed by atoms with Crippen molar-refractivity contribution in [2.75, 3.05) is 5.75 Å². The van der Waals surface area contributed by atoms with Crippen molar-refractivity contribution >= 4 is 31.9 Å². The summed E-state index contributed by atoms with van der Waals surface area (Å²) in [6.45, 7) is 5.09. The number of nitrogens with two attached hydrogens (primary N) is 1. The van der Waals surface area contributed by atoms with Gasteiger partial charge in [-0.3, -0.25) is 0 Å². The zero-order chi connectivity index (χ0) is 16.3. The van der Waals surface area contributed by atoms with Crippen LogP contribution in [-0.2, 0) is 21.0 Å². The van der Waals surface area contributed by atoms with E-state index in [1.54, 1.807) is 39.0 Å². The molecule has 7 heteroatoms. The summed E-state index contributed by atoms with van der Waals surface area (Å²) in [5.74, 6) is 0.0445. The molecule has 0 unspecified atom stereocenters. The molecule has 0 aromatic heterocycles. The highest BCUT2D eigenvalue weighted by Crippen LogP contribution is 2.26. The SMILES string of the molecule is CCS(=O)(=O)c1ccc(Br)cc1CCC(C)(C)OC(N)=O. The predicted molar refractivity (Wildman–Crippen MR) is 84.9 cm³/mol. The molecule has 1 rings (SSSR count). The molecular weight excluding hydrogens is 358 g/mol. The lowest BCUT2D eigenvalue weighted by Crippen LogP contribution is -2.31. The maximum Gasteiger partial charge on any atom is 0.405 e. The van der Waals surface area contributed by atoms with Gasteiger partial charge >= 0.3 is 6.09 Å². The minimum absolute atomic E-state index is 0.0445. The molecule has 1 aromatic carbocycles. The molecule has 1 amide bonds. The molecule has 0 fully saturated rings. The summed E-state index contributed by atoms with van der Waals surface area (Å²) < 4.78 is 30.1. The summed E-state index contributed by atoms with van der Waals surface area (Å²) >= 11 is 3.35. The molecule has 0 bridgehead atoms.